The number of nitrogens with zero attached hydrogens (tertiary/aromatic N) is 2. The van der Waals surface area contributed by atoms with Gasteiger partial charge in [0, 0.05) is 31.7 Å². The highest BCUT2D eigenvalue weighted by molar-refractivity contribution is 7.80. The molecular weight excluding hydrogens is 308 g/mol. The number of piperidine rings is 1. The zero-order chi connectivity index (χ0) is 16.1. The number of hydrogen-bond donors (Lipinski definition) is 0. The van der Waals surface area contributed by atoms with E-state index in [1.165, 1.54) is 19.3 Å². The minimum Gasteiger partial charge on any atom is -0.484 e. The van der Waals surface area contributed by atoms with E-state index in [4.69, 9.17) is 17.0 Å². The van der Waals surface area contributed by atoms with Crippen molar-refractivity contribution in [2.24, 2.45) is 0 Å². The molecule has 2 aliphatic rings. The number of benzene rings is 1. The predicted molar refractivity (Wildman–Crippen MR) is 94.9 cm³/mol. The standard InChI is InChI=1S/C18H24N2O2S/c21-17(19-10-4-5-11-19)14-22-16-8-6-15(7-9-16)18(23)20-12-2-1-3-13-20/h6-9H,1-5,10-14H2. The molecule has 0 radical (unpaired) electrons. The minimum absolute atomic E-state index is 0.0791. The first-order valence-electron chi connectivity index (χ1n) is 8.54. The Labute approximate surface area is 143 Å². The second-order valence-corrected chi connectivity index (χ2v) is 6.64. The largest absolute Gasteiger partial charge is 0.484 e. The lowest BCUT2D eigenvalue weighted by Gasteiger charge is -2.29. The average molecular weight is 332 g/mol. The SMILES string of the molecule is O=C(COc1ccc(C(=S)N2CCCCC2)cc1)N1CCCC1. The lowest BCUT2D eigenvalue weighted by atomic mass is 10.1. The van der Waals surface area contributed by atoms with Gasteiger partial charge in [0.1, 0.15) is 10.7 Å². The van der Waals surface area contributed by atoms with E-state index in [1.807, 2.05) is 29.2 Å². The van der Waals surface area contributed by atoms with E-state index in [0.717, 1.165) is 55.3 Å². The fourth-order valence-corrected chi connectivity index (χ4v) is 3.49. The van der Waals surface area contributed by atoms with E-state index in [9.17, 15) is 4.79 Å². The molecule has 1 aromatic carbocycles. The number of carbonyl (C=O) groups is 1. The van der Waals surface area contributed by atoms with E-state index < -0.39 is 0 Å². The molecule has 2 saturated heterocycles. The van der Waals surface area contributed by atoms with E-state index >= 15 is 0 Å². The molecule has 2 heterocycles. The minimum atomic E-state index is 0.0791. The van der Waals surface area contributed by atoms with Crippen LogP contribution in [0.2, 0.25) is 0 Å². The zero-order valence-corrected chi connectivity index (χ0v) is 14.3. The van der Waals surface area contributed by atoms with Crippen LogP contribution in [0.15, 0.2) is 24.3 Å². The van der Waals surface area contributed by atoms with Gasteiger partial charge in [0.2, 0.25) is 0 Å². The highest BCUT2D eigenvalue weighted by Gasteiger charge is 2.18. The molecule has 2 fully saturated rings. The van der Waals surface area contributed by atoms with Crippen molar-refractivity contribution in [3.63, 3.8) is 0 Å². The van der Waals surface area contributed by atoms with Gasteiger partial charge >= 0.3 is 0 Å². The van der Waals surface area contributed by atoms with Crippen molar-refractivity contribution >= 4 is 23.1 Å². The molecule has 0 atom stereocenters. The Bertz CT molecular complexity index is 547. The molecule has 0 bridgehead atoms. The Morgan fingerprint density at radius 2 is 1.48 bits per heavy atom. The number of amides is 1. The van der Waals surface area contributed by atoms with Crippen molar-refractivity contribution in [3.05, 3.63) is 29.8 Å². The molecule has 0 aromatic heterocycles. The van der Waals surface area contributed by atoms with Gasteiger partial charge in [0.05, 0.1) is 0 Å². The molecule has 3 rings (SSSR count). The Morgan fingerprint density at radius 1 is 0.913 bits per heavy atom. The third-order valence-electron chi connectivity index (χ3n) is 4.57. The lowest BCUT2D eigenvalue weighted by Crippen LogP contribution is -2.34. The molecule has 1 aromatic rings. The summed E-state index contributed by atoms with van der Waals surface area (Å²) in [6.07, 6.45) is 5.96. The summed E-state index contributed by atoms with van der Waals surface area (Å²) in [5, 5.41) is 0. The molecule has 5 heteroatoms. The summed E-state index contributed by atoms with van der Waals surface area (Å²) in [5.41, 5.74) is 1.06. The summed E-state index contributed by atoms with van der Waals surface area (Å²) >= 11 is 5.59. The van der Waals surface area contributed by atoms with Crippen molar-refractivity contribution in [1.29, 1.82) is 0 Å². The lowest BCUT2D eigenvalue weighted by molar-refractivity contribution is -0.132. The normalized spacial score (nSPS) is 18.1. The molecule has 0 spiro atoms. The number of hydrogen-bond acceptors (Lipinski definition) is 3. The second-order valence-electron chi connectivity index (χ2n) is 6.25. The first kappa shape index (κ1) is 16.2. The smallest absolute Gasteiger partial charge is 0.260 e. The van der Waals surface area contributed by atoms with Crippen molar-refractivity contribution in [1.82, 2.24) is 9.80 Å². The van der Waals surface area contributed by atoms with Crippen LogP contribution in [0.4, 0.5) is 0 Å². The second kappa shape index (κ2) is 7.77. The maximum atomic E-state index is 12.0. The quantitative estimate of drug-likeness (QED) is 0.794. The van der Waals surface area contributed by atoms with Crippen molar-refractivity contribution < 1.29 is 9.53 Å². The molecule has 124 valence electrons. The predicted octanol–water partition coefficient (Wildman–Crippen LogP) is 2.85. The van der Waals surface area contributed by atoms with Crippen LogP contribution in [-0.2, 0) is 4.79 Å². The Morgan fingerprint density at radius 3 is 2.13 bits per heavy atom. The van der Waals surface area contributed by atoms with Gasteiger partial charge in [-0.25, -0.2) is 0 Å². The van der Waals surface area contributed by atoms with Gasteiger partial charge in [0.25, 0.3) is 5.91 Å². The molecule has 0 saturated carbocycles. The van der Waals surface area contributed by atoms with Crippen LogP contribution >= 0.6 is 12.2 Å². The van der Waals surface area contributed by atoms with E-state index in [0.29, 0.717) is 0 Å². The molecular formula is C18H24N2O2S. The van der Waals surface area contributed by atoms with Gasteiger partial charge in [-0.2, -0.15) is 0 Å². The van der Waals surface area contributed by atoms with Crippen LogP contribution < -0.4 is 4.74 Å². The summed E-state index contributed by atoms with van der Waals surface area (Å²) in [4.78, 5) is 17.1. The highest BCUT2D eigenvalue weighted by Crippen LogP contribution is 2.18. The number of thiocarbonyl (C=S) groups is 1. The Balaban J connectivity index is 1.52. The number of rotatable bonds is 4. The van der Waals surface area contributed by atoms with E-state index in [-0.39, 0.29) is 12.5 Å². The van der Waals surface area contributed by atoms with Crippen LogP contribution in [-0.4, -0.2) is 53.5 Å². The zero-order valence-electron chi connectivity index (χ0n) is 13.5. The molecule has 0 unspecified atom stereocenters. The summed E-state index contributed by atoms with van der Waals surface area (Å²) in [6.45, 7) is 3.97. The Kier molecular flexibility index (Phi) is 5.49. The van der Waals surface area contributed by atoms with Gasteiger partial charge in [-0.15, -0.1) is 0 Å². The van der Waals surface area contributed by atoms with Gasteiger partial charge in [-0.3, -0.25) is 4.79 Å². The van der Waals surface area contributed by atoms with Crippen molar-refractivity contribution in [3.8, 4) is 5.75 Å². The van der Waals surface area contributed by atoms with Crippen LogP contribution in [0.3, 0.4) is 0 Å². The summed E-state index contributed by atoms with van der Waals surface area (Å²) < 4.78 is 5.61. The van der Waals surface area contributed by atoms with Crippen molar-refractivity contribution in [2.45, 2.75) is 32.1 Å². The number of likely N-dealkylation sites (tertiary alicyclic amines) is 2. The first-order valence-corrected chi connectivity index (χ1v) is 8.95. The molecule has 23 heavy (non-hydrogen) atoms. The Hall–Kier alpha value is -1.62. The molecule has 4 nitrogen and oxygen atoms in total. The third kappa shape index (κ3) is 4.22. The van der Waals surface area contributed by atoms with Gasteiger partial charge in [0.15, 0.2) is 6.61 Å². The third-order valence-corrected chi connectivity index (χ3v) is 5.06. The maximum Gasteiger partial charge on any atom is 0.260 e. The van der Waals surface area contributed by atoms with Crippen LogP contribution in [0.25, 0.3) is 0 Å². The first-order chi connectivity index (χ1) is 11.2. The van der Waals surface area contributed by atoms with Crippen molar-refractivity contribution in [2.75, 3.05) is 32.8 Å². The monoisotopic (exact) mass is 332 g/mol. The fourth-order valence-electron chi connectivity index (χ4n) is 3.18. The molecule has 2 aliphatic heterocycles. The highest BCUT2D eigenvalue weighted by atomic mass is 32.1. The number of carbonyl (C=O) groups excluding carboxylic acids is 1. The van der Waals surface area contributed by atoms with Crippen LogP contribution in [0, 0.1) is 0 Å². The summed E-state index contributed by atoms with van der Waals surface area (Å²) in [7, 11) is 0. The summed E-state index contributed by atoms with van der Waals surface area (Å²) in [5.74, 6) is 0.804. The fraction of sp³-hybridized carbons (Fsp3) is 0.556. The molecule has 0 aliphatic carbocycles. The number of ether oxygens (including phenoxy) is 1. The molecule has 0 N–H and O–H groups in total. The van der Waals surface area contributed by atoms with Gasteiger partial charge < -0.3 is 14.5 Å². The van der Waals surface area contributed by atoms with E-state index in [2.05, 4.69) is 4.90 Å². The maximum absolute atomic E-state index is 12.0. The van der Waals surface area contributed by atoms with Gasteiger partial charge in [-0.05, 0) is 56.4 Å². The topological polar surface area (TPSA) is 32.8 Å². The van der Waals surface area contributed by atoms with Crippen LogP contribution in [0.5, 0.6) is 5.75 Å². The molecule has 1 amide bonds. The van der Waals surface area contributed by atoms with Gasteiger partial charge in [-0.1, -0.05) is 12.2 Å². The van der Waals surface area contributed by atoms with Crippen LogP contribution in [0.1, 0.15) is 37.7 Å². The van der Waals surface area contributed by atoms with E-state index in [1.54, 1.807) is 0 Å². The average Bonchev–Trinajstić information content (AvgIpc) is 3.15. The summed E-state index contributed by atoms with van der Waals surface area (Å²) in [6, 6.07) is 7.80.